The summed E-state index contributed by atoms with van der Waals surface area (Å²) >= 11 is 0. The molecule has 0 saturated heterocycles. The summed E-state index contributed by atoms with van der Waals surface area (Å²) in [6.07, 6.45) is 22.6. The van der Waals surface area contributed by atoms with Crippen LogP contribution < -0.4 is 9.47 Å². The lowest BCUT2D eigenvalue weighted by atomic mass is 9.80. The first-order valence-electron chi connectivity index (χ1n) is 21.8. The molecule has 0 heterocycles. The minimum Gasteiger partial charge on any atom is -0.490 e. The van der Waals surface area contributed by atoms with Crippen molar-refractivity contribution in [2.75, 3.05) is 13.2 Å². The second-order valence-corrected chi connectivity index (χ2v) is 16.1. The fourth-order valence-corrected chi connectivity index (χ4v) is 8.58. The summed E-state index contributed by atoms with van der Waals surface area (Å²) in [5.74, 6) is 3.34. The van der Waals surface area contributed by atoms with Crippen molar-refractivity contribution in [2.45, 2.75) is 103 Å². The van der Waals surface area contributed by atoms with Gasteiger partial charge in [-0.25, -0.2) is 9.59 Å². The predicted molar refractivity (Wildman–Crippen MR) is 232 cm³/mol. The lowest BCUT2D eigenvalue weighted by Gasteiger charge is -2.28. The number of benzene rings is 4. The van der Waals surface area contributed by atoms with E-state index in [4.69, 9.17) is 18.9 Å². The Labute approximate surface area is 346 Å². The molecule has 0 N–H and O–H groups in total. The van der Waals surface area contributed by atoms with E-state index in [9.17, 15) is 9.59 Å². The summed E-state index contributed by atoms with van der Waals surface area (Å²) in [6, 6.07) is 32.8. The van der Waals surface area contributed by atoms with Crippen LogP contribution in [0.1, 0.15) is 135 Å². The van der Waals surface area contributed by atoms with E-state index in [1.54, 1.807) is 48.5 Å². The van der Waals surface area contributed by atoms with E-state index in [0.29, 0.717) is 58.8 Å². The monoisotopic (exact) mass is 782 g/mol. The average molecular weight is 783 g/mol. The summed E-state index contributed by atoms with van der Waals surface area (Å²) in [7, 11) is 0. The van der Waals surface area contributed by atoms with E-state index in [-0.39, 0.29) is 0 Å². The Morgan fingerprint density at radius 3 is 1.22 bits per heavy atom. The minimum absolute atomic E-state index is 0.371. The zero-order valence-electron chi connectivity index (χ0n) is 34.5. The van der Waals surface area contributed by atoms with E-state index in [2.05, 4.69) is 38.2 Å². The van der Waals surface area contributed by atoms with Gasteiger partial charge in [-0.1, -0.05) is 124 Å². The number of hydrogen-bond donors (Lipinski definition) is 0. The fourth-order valence-electron chi connectivity index (χ4n) is 8.58. The first-order valence-corrected chi connectivity index (χ1v) is 21.8. The standard InChI is InChI=1S/C52H62O6/c1-3-13-39-21-25-41(26-22-39)15-11-37-55-47-33-29-45(30-34-47)51(53)57-49(43-17-7-5-8-18-43)50(44-19-9-6-10-20-44)58-52(54)46-31-35-48(36-32-46)56-38-12-16-42-27-23-40(14-4-2)24-28-42/h5-12,15-20,29-36,39-42,49-50H,3-4,13-14,21-28,37-38H2,1-2H3/b15-11+,16-12+/t39-,40-,41-,42-,49-,50-/m1/s1. The van der Waals surface area contributed by atoms with Crippen molar-refractivity contribution in [1.29, 1.82) is 0 Å². The van der Waals surface area contributed by atoms with Crippen LogP contribution in [0.5, 0.6) is 11.5 Å². The smallest absolute Gasteiger partial charge is 0.338 e. The third-order valence-electron chi connectivity index (χ3n) is 11.9. The number of rotatable bonds is 19. The number of hydrogen-bond acceptors (Lipinski definition) is 6. The molecular formula is C52H62O6. The number of ether oxygens (including phenoxy) is 4. The number of carbonyl (C=O) groups excluding carboxylic acids is 2. The average Bonchev–Trinajstić information content (AvgIpc) is 3.27. The van der Waals surface area contributed by atoms with Crippen molar-refractivity contribution >= 4 is 11.9 Å². The van der Waals surface area contributed by atoms with Crippen LogP contribution in [0.3, 0.4) is 0 Å². The Morgan fingerprint density at radius 1 is 0.517 bits per heavy atom. The Hall–Kier alpha value is -5.10. The van der Waals surface area contributed by atoms with E-state index >= 15 is 0 Å². The van der Waals surface area contributed by atoms with E-state index in [1.807, 2.05) is 60.7 Å². The maximum absolute atomic E-state index is 13.8. The molecule has 4 aromatic rings. The SMILES string of the molecule is CCC[C@H]1CC[C@H](/C=C/COc2ccc(C(=O)O[C@H](c3ccccc3)[C@H](OC(=O)c3ccc(OC/C=C/[C@H]4CC[C@H](CCC)CC4)cc3)c3ccccc3)cc2)CC1. The molecule has 58 heavy (non-hydrogen) atoms. The van der Waals surface area contributed by atoms with E-state index in [1.165, 1.54) is 77.0 Å². The van der Waals surface area contributed by atoms with Crippen molar-refractivity contribution in [3.63, 3.8) is 0 Å². The van der Waals surface area contributed by atoms with Crippen molar-refractivity contribution in [3.8, 4) is 11.5 Å². The van der Waals surface area contributed by atoms with Gasteiger partial charge < -0.3 is 18.9 Å². The summed E-state index contributed by atoms with van der Waals surface area (Å²) < 4.78 is 24.4. The van der Waals surface area contributed by atoms with Crippen LogP contribution in [0.15, 0.2) is 133 Å². The molecule has 0 aromatic heterocycles. The van der Waals surface area contributed by atoms with Crippen LogP contribution in [0.2, 0.25) is 0 Å². The van der Waals surface area contributed by atoms with Crippen LogP contribution in [-0.4, -0.2) is 25.2 Å². The second-order valence-electron chi connectivity index (χ2n) is 16.1. The van der Waals surface area contributed by atoms with Crippen molar-refractivity contribution in [1.82, 2.24) is 0 Å². The Balaban J connectivity index is 1.06. The van der Waals surface area contributed by atoms with Gasteiger partial charge in [0.25, 0.3) is 0 Å². The third-order valence-corrected chi connectivity index (χ3v) is 11.9. The molecule has 2 fully saturated rings. The molecular weight excluding hydrogens is 721 g/mol. The molecule has 6 rings (SSSR count). The molecule has 4 aromatic carbocycles. The lowest BCUT2D eigenvalue weighted by Crippen LogP contribution is -2.23. The van der Waals surface area contributed by atoms with Gasteiger partial charge in [0.15, 0.2) is 12.2 Å². The topological polar surface area (TPSA) is 71.1 Å². The van der Waals surface area contributed by atoms with Gasteiger partial charge in [-0.2, -0.15) is 0 Å². The van der Waals surface area contributed by atoms with Gasteiger partial charge in [-0.15, -0.1) is 0 Å². The van der Waals surface area contributed by atoms with E-state index in [0.717, 1.165) is 11.8 Å². The second kappa shape index (κ2) is 22.7. The van der Waals surface area contributed by atoms with Gasteiger partial charge in [0, 0.05) is 0 Å². The van der Waals surface area contributed by atoms with Gasteiger partial charge in [-0.3, -0.25) is 0 Å². The molecule has 6 nitrogen and oxygen atoms in total. The third kappa shape index (κ3) is 13.0. The summed E-state index contributed by atoms with van der Waals surface area (Å²) in [6.45, 7) is 5.51. The zero-order chi connectivity index (χ0) is 40.4. The van der Waals surface area contributed by atoms with E-state index < -0.39 is 24.1 Å². The summed E-state index contributed by atoms with van der Waals surface area (Å²) in [5.41, 5.74) is 2.15. The molecule has 0 aliphatic heterocycles. The van der Waals surface area contributed by atoms with Crippen molar-refractivity contribution in [2.24, 2.45) is 23.7 Å². The molecule has 0 amide bonds. The molecule has 2 aliphatic carbocycles. The molecule has 2 atom stereocenters. The highest BCUT2D eigenvalue weighted by Gasteiger charge is 2.33. The zero-order valence-corrected chi connectivity index (χ0v) is 34.5. The minimum atomic E-state index is -0.922. The van der Waals surface area contributed by atoms with Crippen LogP contribution in [0, 0.1) is 23.7 Å². The van der Waals surface area contributed by atoms with Gasteiger partial charge in [0.1, 0.15) is 24.7 Å². The quantitative estimate of drug-likeness (QED) is 0.0697. The molecule has 6 heteroatoms. The van der Waals surface area contributed by atoms with Crippen LogP contribution in [-0.2, 0) is 9.47 Å². The first-order chi connectivity index (χ1) is 28.5. The Bertz CT molecular complexity index is 1710. The van der Waals surface area contributed by atoms with Gasteiger partial charge >= 0.3 is 11.9 Å². The largest absolute Gasteiger partial charge is 0.490 e. The Kier molecular flexibility index (Phi) is 16.7. The first kappa shape index (κ1) is 42.5. The highest BCUT2D eigenvalue weighted by Crippen LogP contribution is 2.37. The maximum atomic E-state index is 13.8. The predicted octanol–water partition coefficient (Wildman–Crippen LogP) is 13.3. The highest BCUT2D eigenvalue weighted by molar-refractivity contribution is 5.90. The van der Waals surface area contributed by atoms with Crippen molar-refractivity contribution < 1.29 is 28.5 Å². The van der Waals surface area contributed by atoms with Crippen LogP contribution in [0.4, 0.5) is 0 Å². The Morgan fingerprint density at radius 2 is 0.879 bits per heavy atom. The molecule has 306 valence electrons. The number of carbonyl (C=O) groups is 2. The number of allylic oxidation sites excluding steroid dienone is 2. The van der Waals surface area contributed by atoms with Crippen LogP contribution in [0.25, 0.3) is 0 Å². The fraction of sp³-hybridized carbons (Fsp3) is 0.423. The molecule has 0 bridgehead atoms. The molecule has 2 saturated carbocycles. The molecule has 0 unspecified atom stereocenters. The summed E-state index contributed by atoms with van der Waals surface area (Å²) in [5, 5.41) is 0. The number of esters is 2. The maximum Gasteiger partial charge on any atom is 0.338 e. The molecule has 0 spiro atoms. The molecule has 2 aliphatic rings. The van der Waals surface area contributed by atoms with Gasteiger partial charge in [-0.05, 0) is 135 Å². The highest BCUT2D eigenvalue weighted by atomic mass is 16.6. The van der Waals surface area contributed by atoms with Crippen LogP contribution >= 0.6 is 0 Å². The van der Waals surface area contributed by atoms with Gasteiger partial charge in [0.05, 0.1) is 11.1 Å². The van der Waals surface area contributed by atoms with Crippen molar-refractivity contribution in [3.05, 3.63) is 156 Å². The molecule has 0 radical (unpaired) electrons. The normalized spacial score (nSPS) is 20.7. The lowest BCUT2D eigenvalue weighted by molar-refractivity contribution is -0.0388. The summed E-state index contributed by atoms with van der Waals surface area (Å²) in [4.78, 5) is 27.5. The van der Waals surface area contributed by atoms with Gasteiger partial charge in [0.2, 0.25) is 0 Å².